The van der Waals surface area contributed by atoms with Crippen molar-refractivity contribution in [3.63, 3.8) is 0 Å². The minimum Gasteiger partial charge on any atom is -0.507 e. The number of carbonyl (C=O) groups excluding carboxylic acids is 1. The van der Waals surface area contributed by atoms with E-state index < -0.39 is 30.1 Å². The van der Waals surface area contributed by atoms with E-state index in [1.165, 1.54) is 0 Å². The maximum atomic E-state index is 14.6. The van der Waals surface area contributed by atoms with Crippen molar-refractivity contribution in [1.29, 1.82) is 0 Å². The van der Waals surface area contributed by atoms with Gasteiger partial charge in [0.25, 0.3) is 5.91 Å². The molecule has 7 nitrogen and oxygen atoms in total. The molecule has 0 fully saturated rings. The van der Waals surface area contributed by atoms with Gasteiger partial charge in [0.2, 0.25) is 0 Å². The van der Waals surface area contributed by atoms with Gasteiger partial charge in [0.15, 0.2) is 5.15 Å². The summed E-state index contributed by atoms with van der Waals surface area (Å²) in [5.74, 6) is -1.62. The molecule has 2 heterocycles. The van der Waals surface area contributed by atoms with Crippen molar-refractivity contribution in [3.8, 4) is 17.0 Å². The minimum atomic E-state index is -3.96. The van der Waals surface area contributed by atoms with Crippen LogP contribution in [-0.4, -0.2) is 32.4 Å². The Morgan fingerprint density at radius 3 is 2.38 bits per heavy atom. The number of aromatic amines is 1. The van der Waals surface area contributed by atoms with Crippen molar-refractivity contribution in [2.45, 2.75) is 33.4 Å². The molecular weight excluding hydrogens is 454 g/mol. The molecule has 0 bridgehead atoms. The number of halogens is 5. The predicted molar refractivity (Wildman–Crippen MR) is 113 cm³/mol. The number of rotatable bonds is 3. The largest absolute Gasteiger partial charge is 0.507 e. The van der Waals surface area contributed by atoms with Crippen LogP contribution >= 0.6 is 11.6 Å². The molecule has 0 saturated heterocycles. The van der Waals surface area contributed by atoms with E-state index in [0.29, 0.717) is 5.69 Å². The van der Waals surface area contributed by atoms with E-state index in [4.69, 9.17) is 17.3 Å². The van der Waals surface area contributed by atoms with E-state index in [1.54, 1.807) is 26.0 Å². The lowest BCUT2D eigenvalue weighted by atomic mass is 10.0. The van der Waals surface area contributed by atoms with E-state index >= 15 is 0 Å². The van der Waals surface area contributed by atoms with Crippen molar-refractivity contribution in [3.05, 3.63) is 52.1 Å². The van der Waals surface area contributed by atoms with Gasteiger partial charge in [-0.3, -0.25) is 9.89 Å². The first-order valence-corrected chi connectivity index (χ1v) is 9.55. The molecule has 0 aliphatic carbocycles. The highest BCUT2D eigenvalue weighted by Crippen LogP contribution is 2.31. The Hall–Kier alpha value is -3.34. The van der Waals surface area contributed by atoms with Crippen molar-refractivity contribution in [2.75, 3.05) is 11.1 Å². The van der Waals surface area contributed by atoms with Crippen LogP contribution in [0.25, 0.3) is 11.3 Å². The molecule has 1 aromatic carbocycles. The first kappa shape index (κ1) is 24.9. The van der Waals surface area contributed by atoms with Crippen LogP contribution in [0.5, 0.6) is 5.75 Å². The molecular formula is C20H20ClF4N5O2. The summed E-state index contributed by atoms with van der Waals surface area (Å²) < 4.78 is 46.9. The molecule has 172 valence electrons. The van der Waals surface area contributed by atoms with Gasteiger partial charge < -0.3 is 16.2 Å². The molecule has 3 rings (SSSR count). The van der Waals surface area contributed by atoms with Crippen molar-refractivity contribution in [1.82, 2.24) is 15.2 Å². The average molecular weight is 474 g/mol. The molecule has 0 saturated carbocycles. The quantitative estimate of drug-likeness (QED) is 0.381. The third-order valence-corrected chi connectivity index (χ3v) is 4.41. The second-order valence-corrected chi connectivity index (χ2v) is 7.10. The number of nitrogens with two attached hydrogens (primary N) is 1. The molecule has 3 aromatic rings. The molecule has 12 heteroatoms. The lowest BCUT2D eigenvalue weighted by Crippen LogP contribution is -2.13. The van der Waals surface area contributed by atoms with Crippen molar-refractivity contribution in [2.24, 2.45) is 0 Å². The summed E-state index contributed by atoms with van der Waals surface area (Å²) in [4.78, 5) is 16.4. The fourth-order valence-electron chi connectivity index (χ4n) is 2.50. The van der Waals surface area contributed by atoms with Gasteiger partial charge in [-0.1, -0.05) is 18.5 Å². The normalized spacial score (nSPS) is 11.0. The number of carbonyl (C=O) groups is 1. The van der Waals surface area contributed by atoms with Gasteiger partial charge in [-0.25, -0.2) is 9.37 Å². The molecule has 0 spiro atoms. The number of H-pyrrole nitrogens is 1. The van der Waals surface area contributed by atoms with Crippen LogP contribution in [-0.2, 0) is 0 Å². The SMILES string of the molecule is CCC(F)(F)F.Cc1cc(N)nc(-c2cc(O)c(C(=O)Nc3c(Cl)n[nH]c3C)cc2F)c1. The summed E-state index contributed by atoms with van der Waals surface area (Å²) in [5.41, 5.74) is 7.31. The number of benzene rings is 1. The Kier molecular flexibility index (Phi) is 7.68. The van der Waals surface area contributed by atoms with Gasteiger partial charge in [-0.05, 0) is 43.7 Å². The molecule has 1 amide bonds. The molecule has 0 aliphatic heterocycles. The summed E-state index contributed by atoms with van der Waals surface area (Å²) in [5, 5.41) is 19.1. The van der Waals surface area contributed by atoms with Crippen LogP contribution in [0.3, 0.4) is 0 Å². The number of nitrogens with zero attached hydrogens (tertiary/aromatic N) is 2. The summed E-state index contributed by atoms with van der Waals surface area (Å²) in [6, 6.07) is 5.33. The highest BCUT2D eigenvalue weighted by atomic mass is 35.5. The number of hydrogen-bond donors (Lipinski definition) is 4. The van der Waals surface area contributed by atoms with E-state index in [9.17, 15) is 27.5 Å². The Morgan fingerprint density at radius 1 is 1.25 bits per heavy atom. The number of aryl methyl sites for hydroxylation is 2. The van der Waals surface area contributed by atoms with E-state index in [-0.39, 0.29) is 33.5 Å². The molecule has 0 unspecified atom stereocenters. The maximum Gasteiger partial charge on any atom is 0.388 e. The molecule has 5 N–H and O–H groups in total. The van der Waals surface area contributed by atoms with E-state index in [2.05, 4.69) is 20.5 Å². The van der Waals surface area contributed by atoms with Crippen LogP contribution in [0.4, 0.5) is 29.1 Å². The number of aromatic hydroxyl groups is 1. The van der Waals surface area contributed by atoms with Crippen LogP contribution < -0.4 is 11.1 Å². The Balaban J connectivity index is 0.000000534. The van der Waals surface area contributed by atoms with Crippen molar-refractivity contribution >= 4 is 29.0 Å². The van der Waals surface area contributed by atoms with Gasteiger partial charge in [0.1, 0.15) is 23.1 Å². The smallest absolute Gasteiger partial charge is 0.388 e. The van der Waals surface area contributed by atoms with E-state index in [1.807, 2.05) is 0 Å². The summed E-state index contributed by atoms with van der Waals surface area (Å²) in [6.07, 6.45) is -4.69. The zero-order valence-electron chi connectivity index (χ0n) is 17.2. The van der Waals surface area contributed by atoms with Crippen LogP contribution in [0.1, 0.15) is 35.0 Å². The monoisotopic (exact) mass is 473 g/mol. The number of nitrogen functional groups attached to an aromatic ring is 1. The summed E-state index contributed by atoms with van der Waals surface area (Å²) in [6.45, 7) is 4.53. The highest BCUT2D eigenvalue weighted by molar-refractivity contribution is 6.33. The number of amides is 1. The molecule has 0 aliphatic rings. The van der Waals surface area contributed by atoms with Crippen molar-refractivity contribution < 1.29 is 27.5 Å². The topological polar surface area (TPSA) is 117 Å². The lowest BCUT2D eigenvalue weighted by molar-refractivity contribution is -0.130. The maximum absolute atomic E-state index is 14.6. The number of hydrogen-bond acceptors (Lipinski definition) is 5. The zero-order chi connectivity index (χ0) is 24.2. The summed E-state index contributed by atoms with van der Waals surface area (Å²) in [7, 11) is 0. The second kappa shape index (κ2) is 9.86. The Labute approximate surface area is 185 Å². The van der Waals surface area contributed by atoms with Crippen LogP contribution in [0, 0.1) is 19.7 Å². The number of alkyl halides is 3. The fourth-order valence-corrected chi connectivity index (χ4v) is 2.73. The number of anilines is 2. The second-order valence-electron chi connectivity index (χ2n) is 6.74. The number of phenolic OH excluding ortho intramolecular Hbond substituents is 1. The number of pyridine rings is 1. The molecule has 0 radical (unpaired) electrons. The highest BCUT2D eigenvalue weighted by Gasteiger charge is 2.22. The minimum absolute atomic E-state index is 0.0342. The van der Waals surface area contributed by atoms with Gasteiger partial charge in [0, 0.05) is 12.0 Å². The van der Waals surface area contributed by atoms with Gasteiger partial charge in [-0.15, -0.1) is 0 Å². The standard InChI is InChI=1S/C17H15ClFN5O2.C3H5F3/c1-7-3-12(21-14(20)4-7)9-6-13(25)10(5-11(9)19)17(26)22-15-8(2)23-24-16(15)18;1-2-3(4,5)6/h3-6,25H,1-2H3,(H2,20,21)(H,22,26)(H,23,24);2H2,1H3. The van der Waals surface area contributed by atoms with Crippen LogP contribution in [0.2, 0.25) is 5.15 Å². The molecule has 2 aromatic heterocycles. The summed E-state index contributed by atoms with van der Waals surface area (Å²) >= 11 is 5.87. The average Bonchev–Trinajstić information content (AvgIpc) is 3.00. The Bertz CT molecular complexity index is 1090. The molecule has 32 heavy (non-hydrogen) atoms. The van der Waals surface area contributed by atoms with Crippen LogP contribution in [0.15, 0.2) is 24.3 Å². The van der Waals surface area contributed by atoms with E-state index in [0.717, 1.165) is 24.6 Å². The third kappa shape index (κ3) is 6.33. The predicted octanol–water partition coefficient (Wildman–Crippen LogP) is 5.38. The first-order valence-electron chi connectivity index (χ1n) is 9.18. The number of nitrogens with one attached hydrogen (secondary N) is 2. The fraction of sp³-hybridized carbons (Fsp3) is 0.250. The lowest BCUT2D eigenvalue weighted by Gasteiger charge is -2.10. The number of aromatic nitrogens is 3. The first-order chi connectivity index (χ1) is 14.8. The molecule has 0 atom stereocenters. The third-order valence-electron chi connectivity index (χ3n) is 4.14. The zero-order valence-corrected chi connectivity index (χ0v) is 18.0. The van der Waals surface area contributed by atoms with Gasteiger partial charge >= 0.3 is 6.18 Å². The van der Waals surface area contributed by atoms with Gasteiger partial charge in [0.05, 0.1) is 17.0 Å². The van der Waals surface area contributed by atoms with Gasteiger partial charge in [-0.2, -0.15) is 18.3 Å². The number of phenols is 1. The Morgan fingerprint density at radius 2 is 1.88 bits per heavy atom.